The Hall–Kier alpha value is -1.39. The third kappa shape index (κ3) is 4.83. The molecular formula is C15H21N3O5S2. The molecule has 3 atom stereocenters. The van der Waals surface area contributed by atoms with E-state index >= 15 is 0 Å². The number of Topliss-reactive ketones (excluding diaryl/α,β-unsaturated/α-hetero) is 2. The number of nitrogens with two attached hydrogens (primary N) is 2. The SMILES string of the molecule is NCCN1C(=O)CC(SCC(C(N)=O)C(=O)C2CSCC(=O)C2)C1=O. The number of hydrogen-bond donors (Lipinski definition) is 2. The van der Waals surface area contributed by atoms with Gasteiger partial charge < -0.3 is 11.5 Å². The quantitative estimate of drug-likeness (QED) is 0.391. The summed E-state index contributed by atoms with van der Waals surface area (Å²) in [5, 5.41) is -0.629. The van der Waals surface area contributed by atoms with Crippen molar-refractivity contribution in [3.8, 4) is 0 Å². The molecule has 0 aliphatic carbocycles. The number of nitrogens with zero attached hydrogens (tertiary/aromatic N) is 1. The number of carbonyl (C=O) groups excluding carboxylic acids is 5. The molecule has 138 valence electrons. The van der Waals surface area contributed by atoms with Gasteiger partial charge in [-0.2, -0.15) is 11.8 Å². The lowest BCUT2D eigenvalue weighted by Crippen LogP contribution is -2.40. The number of amides is 3. The predicted molar refractivity (Wildman–Crippen MR) is 94.8 cm³/mol. The standard InChI is InChI=1S/C15H21N3O5S2/c16-1-2-18-12(20)4-11(15(18)23)25-7-10(14(17)22)13(21)8-3-9(19)6-24-5-8/h8,10-11H,1-7,16H2,(H2,17,22). The van der Waals surface area contributed by atoms with Crippen LogP contribution < -0.4 is 11.5 Å². The lowest BCUT2D eigenvalue weighted by molar-refractivity contribution is -0.138. The van der Waals surface area contributed by atoms with Crippen molar-refractivity contribution >= 4 is 52.8 Å². The van der Waals surface area contributed by atoms with E-state index in [4.69, 9.17) is 11.5 Å². The van der Waals surface area contributed by atoms with Crippen molar-refractivity contribution in [1.82, 2.24) is 4.90 Å². The van der Waals surface area contributed by atoms with Gasteiger partial charge in [-0.3, -0.25) is 28.9 Å². The number of hydrogen-bond acceptors (Lipinski definition) is 8. The first-order valence-electron chi connectivity index (χ1n) is 7.93. The van der Waals surface area contributed by atoms with Gasteiger partial charge in [0.2, 0.25) is 17.7 Å². The summed E-state index contributed by atoms with van der Waals surface area (Å²) in [6.45, 7) is 0.346. The Morgan fingerprint density at radius 3 is 2.60 bits per heavy atom. The minimum absolute atomic E-state index is 0.0144. The third-order valence-electron chi connectivity index (χ3n) is 4.16. The predicted octanol–water partition coefficient (Wildman–Crippen LogP) is -1.20. The molecule has 0 aromatic rings. The van der Waals surface area contributed by atoms with E-state index in [9.17, 15) is 24.0 Å². The van der Waals surface area contributed by atoms with E-state index < -0.39 is 23.0 Å². The normalized spacial score (nSPS) is 25.3. The van der Waals surface area contributed by atoms with E-state index in [-0.39, 0.29) is 55.1 Å². The molecule has 0 saturated carbocycles. The van der Waals surface area contributed by atoms with Crippen LogP contribution in [0.25, 0.3) is 0 Å². The second-order valence-electron chi connectivity index (χ2n) is 6.01. The van der Waals surface area contributed by atoms with Crippen LogP contribution in [0, 0.1) is 11.8 Å². The van der Waals surface area contributed by atoms with Gasteiger partial charge in [0.05, 0.1) is 11.0 Å². The van der Waals surface area contributed by atoms with Crippen molar-refractivity contribution in [2.45, 2.75) is 18.1 Å². The van der Waals surface area contributed by atoms with Crippen molar-refractivity contribution < 1.29 is 24.0 Å². The maximum Gasteiger partial charge on any atom is 0.242 e. The van der Waals surface area contributed by atoms with E-state index in [2.05, 4.69) is 0 Å². The van der Waals surface area contributed by atoms with E-state index in [0.29, 0.717) is 11.5 Å². The number of likely N-dealkylation sites (tertiary alicyclic amines) is 1. The van der Waals surface area contributed by atoms with Crippen LogP contribution in [0.5, 0.6) is 0 Å². The number of imide groups is 1. The van der Waals surface area contributed by atoms with Crippen LogP contribution in [-0.2, 0) is 24.0 Å². The summed E-state index contributed by atoms with van der Waals surface area (Å²) in [5.74, 6) is -2.45. The lowest BCUT2D eigenvalue weighted by Gasteiger charge is -2.23. The van der Waals surface area contributed by atoms with E-state index in [0.717, 1.165) is 16.7 Å². The first-order valence-corrected chi connectivity index (χ1v) is 10.1. The molecule has 4 N–H and O–H groups in total. The topological polar surface area (TPSA) is 141 Å². The molecule has 25 heavy (non-hydrogen) atoms. The number of carbonyl (C=O) groups is 5. The highest BCUT2D eigenvalue weighted by Crippen LogP contribution is 2.29. The Balaban J connectivity index is 1.97. The molecule has 2 saturated heterocycles. The van der Waals surface area contributed by atoms with Gasteiger partial charge in [0.15, 0.2) is 0 Å². The van der Waals surface area contributed by atoms with Gasteiger partial charge in [0.1, 0.15) is 17.5 Å². The van der Waals surface area contributed by atoms with Gasteiger partial charge >= 0.3 is 0 Å². The summed E-state index contributed by atoms with van der Waals surface area (Å²) >= 11 is 2.46. The Bertz CT molecular complexity index is 598. The molecule has 2 aliphatic rings. The van der Waals surface area contributed by atoms with Crippen molar-refractivity contribution in [2.75, 3.05) is 30.3 Å². The Morgan fingerprint density at radius 1 is 1.28 bits per heavy atom. The first kappa shape index (κ1) is 19.9. The van der Waals surface area contributed by atoms with Crippen LogP contribution >= 0.6 is 23.5 Å². The van der Waals surface area contributed by atoms with E-state index in [1.54, 1.807) is 0 Å². The fourth-order valence-electron chi connectivity index (χ4n) is 2.84. The van der Waals surface area contributed by atoms with Crippen LogP contribution in [0.3, 0.4) is 0 Å². The zero-order valence-corrected chi connectivity index (χ0v) is 15.3. The van der Waals surface area contributed by atoms with Crippen molar-refractivity contribution in [3.63, 3.8) is 0 Å². The average Bonchev–Trinajstić information content (AvgIpc) is 2.82. The third-order valence-corrected chi connectivity index (χ3v) is 6.63. The van der Waals surface area contributed by atoms with Crippen LogP contribution in [-0.4, -0.2) is 69.8 Å². The highest BCUT2D eigenvalue weighted by Gasteiger charge is 2.40. The molecule has 2 rings (SSSR count). The number of rotatable bonds is 8. The summed E-state index contributed by atoms with van der Waals surface area (Å²) in [4.78, 5) is 60.9. The summed E-state index contributed by atoms with van der Waals surface area (Å²) in [5.41, 5.74) is 10.7. The first-order chi connectivity index (χ1) is 11.8. The summed E-state index contributed by atoms with van der Waals surface area (Å²) in [6.07, 6.45) is 0.159. The molecular weight excluding hydrogens is 366 g/mol. The molecule has 3 unspecified atom stereocenters. The average molecular weight is 387 g/mol. The highest BCUT2D eigenvalue weighted by atomic mass is 32.2. The summed E-state index contributed by atoms with van der Waals surface area (Å²) in [7, 11) is 0. The Labute approximate surface area is 153 Å². The van der Waals surface area contributed by atoms with Crippen LogP contribution in [0.15, 0.2) is 0 Å². The van der Waals surface area contributed by atoms with Gasteiger partial charge in [-0.05, 0) is 0 Å². The van der Waals surface area contributed by atoms with Crippen molar-refractivity contribution in [2.24, 2.45) is 23.3 Å². The van der Waals surface area contributed by atoms with Gasteiger partial charge in [0, 0.05) is 43.4 Å². The molecule has 0 aromatic carbocycles. The molecule has 8 nitrogen and oxygen atoms in total. The van der Waals surface area contributed by atoms with Crippen molar-refractivity contribution in [3.05, 3.63) is 0 Å². The highest BCUT2D eigenvalue weighted by molar-refractivity contribution is 8.00. The minimum atomic E-state index is -1.06. The molecule has 0 bridgehead atoms. The number of primary amides is 1. The zero-order valence-electron chi connectivity index (χ0n) is 13.6. The zero-order chi connectivity index (χ0) is 18.6. The maximum atomic E-state index is 12.5. The van der Waals surface area contributed by atoms with Gasteiger partial charge in [-0.1, -0.05) is 0 Å². The molecule has 3 amide bonds. The van der Waals surface area contributed by atoms with E-state index in [1.165, 1.54) is 11.8 Å². The molecule has 0 aromatic heterocycles. The lowest BCUT2D eigenvalue weighted by atomic mass is 9.91. The monoisotopic (exact) mass is 387 g/mol. The van der Waals surface area contributed by atoms with Crippen molar-refractivity contribution in [1.29, 1.82) is 0 Å². The maximum absolute atomic E-state index is 12.5. The van der Waals surface area contributed by atoms with E-state index in [1.807, 2.05) is 0 Å². The summed E-state index contributed by atoms with van der Waals surface area (Å²) < 4.78 is 0. The number of ketones is 2. The van der Waals surface area contributed by atoms with Crippen LogP contribution in [0.1, 0.15) is 12.8 Å². The Morgan fingerprint density at radius 2 is 2.00 bits per heavy atom. The van der Waals surface area contributed by atoms with Crippen LogP contribution in [0.4, 0.5) is 0 Å². The fourth-order valence-corrected chi connectivity index (χ4v) is 5.15. The molecule has 0 spiro atoms. The molecule has 2 aliphatic heterocycles. The second-order valence-corrected chi connectivity index (χ2v) is 8.28. The van der Waals surface area contributed by atoms with Gasteiger partial charge in [0.25, 0.3) is 0 Å². The second kappa shape index (κ2) is 8.81. The molecule has 2 fully saturated rings. The Kier molecular flexibility index (Phi) is 7.03. The van der Waals surface area contributed by atoms with Gasteiger partial charge in [-0.15, -0.1) is 11.8 Å². The molecule has 10 heteroatoms. The smallest absolute Gasteiger partial charge is 0.242 e. The molecule has 0 radical (unpaired) electrons. The van der Waals surface area contributed by atoms with Gasteiger partial charge in [-0.25, -0.2) is 0 Å². The molecule has 2 heterocycles. The van der Waals surface area contributed by atoms with Crippen LogP contribution in [0.2, 0.25) is 0 Å². The number of thioether (sulfide) groups is 2. The fraction of sp³-hybridized carbons (Fsp3) is 0.667. The summed E-state index contributed by atoms with van der Waals surface area (Å²) in [6, 6.07) is 0. The largest absolute Gasteiger partial charge is 0.369 e. The minimum Gasteiger partial charge on any atom is -0.369 e.